The largest absolute Gasteiger partial charge is 0.494 e. The number of carboxylic acid groups (broad SMARTS) is 1. The minimum absolute atomic E-state index is 0.142. The summed E-state index contributed by atoms with van der Waals surface area (Å²) in [6.07, 6.45) is 0. The number of carbonyl (C=O) groups is 1. The predicted octanol–water partition coefficient (Wildman–Crippen LogP) is 3.63. The second-order valence-electron chi connectivity index (χ2n) is 5.26. The molecule has 0 spiro atoms. The third-order valence-electron chi connectivity index (χ3n) is 3.93. The Labute approximate surface area is 144 Å². The molecule has 1 heterocycles. The van der Waals surface area contributed by atoms with Crippen LogP contribution in [0.5, 0.6) is 17.2 Å². The van der Waals surface area contributed by atoms with Gasteiger partial charge in [-0.3, -0.25) is 0 Å². The fourth-order valence-electron chi connectivity index (χ4n) is 2.79. The van der Waals surface area contributed by atoms with E-state index in [9.17, 15) is 9.90 Å². The van der Waals surface area contributed by atoms with E-state index >= 15 is 0 Å². The molecule has 0 aliphatic carbocycles. The van der Waals surface area contributed by atoms with E-state index in [-0.39, 0.29) is 5.56 Å². The average molecular weight is 339 g/mol. The average Bonchev–Trinajstić information content (AvgIpc) is 2.65. The van der Waals surface area contributed by atoms with Gasteiger partial charge in [0.15, 0.2) is 11.5 Å². The molecule has 1 aromatic heterocycles. The Balaban J connectivity index is 2.37. The van der Waals surface area contributed by atoms with Crippen LogP contribution in [0, 0.1) is 0 Å². The maximum atomic E-state index is 11.8. The topological polar surface area (TPSA) is 77.9 Å². The lowest BCUT2D eigenvalue weighted by Gasteiger charge is -2.14. The number of pyridine rings is 1. The Bertz CT molecular complexity index is 952. The van der Waals surface area contributed by atoms with E-state index in [0.717, 1.165) is 0 Å². The summed E-state index contributed by atoms with van der Waals surface area (Å²) < 4.78 is 16.1. The summed E-state index contributed by atoms with van der Waals surface area (Å²) in [6.45, 7) is 0. The van der Waals surface area contributed by atoms with Crippen molar-refractivity contribution >= 4 is 16.9 Å². The summed E-state index contributed by atoms with van der Waals surface area (Å²) >= 11 is 0. The molecule has 25 heavy (non-hydrogen) atoms. The van der Waals surface area contributed by atoms with Crippen molar-refractivity contribution in [1.29, 1.82) is 0 Å². The van der Waals surface area contributed by atoms with E-state index < -0.39 is 5.97 Å². The highest BCUT2D eigenvalue weighted by Crippen LogP contribution is 2.39. The molecule has 0 radical (unpaired) electrons. The lowest BCUT2D eigenvalue weighted by Crippen LogP contribution is -2.02. The standard InChI is InChI=1S/C19H17NO5/c1-23-15-8-4-6-11-13(19(21)22)10-14(20-17(11)15)12-7-5-9-16(24-2)18(12)25-3/h4-10H,1-3H3,(H,21,22). The molecular weight excluding hydrogens is 322 g/mol. The Hall–Kier alpha value is -3.28. The van der Waals surface area contributed by atoms with Crippen molar-refractivity contribution in [3.63, 3.8) is 0 Å². The second kappa shape index (κ2) is 6.68. The zero-order valence-corrected chi connectivity index (χ0v) is 14.1. The molecule has 0 aliphatic rings. The molecular formula is C19H17NO5. The normalized spacial score (nSPS) is 10.5. The van der Waals surface area contributed by atoms with Gasteiger partial charge in [0.1, 0.15) is 11.3 Å². The van der Waals surface area contributed by atoms with Crippen LogP contribution in [0.2, 0.25) is 0 Å². The number of benzene rings is 2. The molecule has 0 atom stereocenters. The highest BCUT2D eigenvalue weighted by Gasteiger charge is 2.19. The number of rotatable bonds is 5. The zero-order valence-electron chi connectivity index (χ0n) is 14.1. The van der Waals surface area contributed by atoms with Crippen LogP contribution in [0.15, 0.2) is 42.5 Å². The van der Waals surface area contributed by atoms with Gasteiger partial charge in [0.2, 0.25) is 0 Å². The summed E-state index contributed by atoms with van der Waals surface area (Å²) in [6, 6.07) is 12.1. The van der Waals surface area contributed by atoms with E-state index in [0.29, 0.717) is 39.4 Å². The van der Waals surface area contributed by atoms with E-state index in [2.05, 4.69) is 4.98 Å². The maximum absolute atomic E-state index is 11.8. The maximum Gasteiger partial charge on any atom is 0.336 e. The summed E-state index contributed by atoms with van der Waals surface area (Å²) in [5.41, 5.74) is 1.72. The lowest BCUT2D eigenvalue weighted by molar-refractivity contribution is 0.0699. The molecule has 0 saturated heterocycles. The van der Waals surface area contributed by atoms with Gasteiger partial charge in [-0.1, -0.05) is 18.2 Å². The number of nitrogens with zero attached hydrogens (tertiary/aromatic N) is 1. The lowest BCUT2D eigenvalue weighted by atomic mass is 10.0. The van der Waals surface area contributed by atoms with Gasteiger partial charge in [-0.05, 0) is 24.3 Å². The molecule has 1 N–H and O–H groups in total. The minimum atomic E-state index is -1.04. The summed E-state index contributed by atoms with van der Waals surface area (Å²) in [7, 11) is 4.60. The van der Waals surface area contributed by atoms with Gasteiger partial charge in [-0.15, -0.1) is 0 Å². The Morgan fingerprint density at radius 2 is 1.64 bits per heavy atom. The smallest absolute Gasteiger partial charge is 0.336 e. The second-order valence-corrected chi connectivity index (χ2v) is 5.26. The van der Waals surface area contributed by atoms with Crippen LogP contribution < -0.4 is 14.2 Å². The van der Waals surface area contributed by atoms with Gasteiger partial charge in [0.05, 0.1) is 32.6 Å². The van der Waals surface area contributed by atoms with Gasteiger partial charge >= 0.3 is 5.97 Å². The Morgan fingerprint density at radius 1 is 0.960 bits per heavy atom. The molecule has 0 fully saturated rings. The van der Waals surface area contributed by atoms with Gasteiger partial charge in [0, 0.05) is 10.9 Å². The van der Waals surface area contributed by atoms with Crippen LogP contribution >= 0.6 is 0 Å². The third kappa shape index (κ3) is 2.82. The minimum Gasteiger partial charge on any atom is -0.494 e. The summed E-state index contributed by atoms with van der Waals surface area (Å²) in [5.74, 6) is 0.495. The van der Waals surface area contributed by atoms with Crippen molar-refractivity contribution in [2.45, 2.75) is 0 Å². The van der Waals surface area contributed by atoms with Crippen molar-refractivity contribution in [3.05, 3.63) is 48.0 Å². The number of carboxylic acids is 1. The van der Waals surface area contributed by atoms with E-state index in [1.807, 2.05) is 0 Å². The number of aromatic nitrogens is 1. The zero-order chi connectivity index (χ0) is 18.0. The molecule has 0 amide bonds. The predicted molar refractivity (Wildman–Crippen MR) is 93.8 cm³/mol. The fraction of sp³-hybridized carbons (Fsp3) is 0.158. The van der Waals surface area contributed by atoms with Crippen LogP contribution in [0.4, 0.5) is 0 Å². The number of para-hydroxylation sites is 2. The molecule has 0 bridgehead atoms. The first-order valence-corrected chi connectivity index (χ1v) is 7.53. The highest BCUT2D eigenvalue weighted by molar-refractivity contribution is 6.05. The van der Waals surface area contributed by atoms with E-state index in [1.165, 1.54) is 20.3 Å². The molecule has 128 valence electrons. The van der Waals surface area contributed by atoms with Crippen molar-refractivity contribution in [3.8, 4) is 28.5 Å². The van der Waals surface area contributed by atoms with Crippen molar-refractivity contribution in [2.24, 2.45) is 0 Å². The van der Waals surface area contributed by atoms with Crippen LogP contribution in [0.25, 0.3) is 22.2 Å². The molecule has 3 rings (SSSR count). The Kier molecular flexibility index (Phi) is 4.43. The quantitative estimate of drug-likeness (QED) is 0.765. The molecule has 3 aromatic rings. The van der Waals surface area contributed by atoms with Crippen molar-refractivity contribution in [2.75, 3.05) is 21.3 Å². The molecule has 2 aromatic carbocycles. The van der Waals surface area contributed by atoms with Crippen LogP contribution in [0.1, 0.15) is 10.4 Å². The fourth-order valence-corrected chi connectivity index (χ4v) is 2.79. The first-order chi connectivity index (χ1) is 12.1. The number of aromatic carboxylic acids is 1. The van der Waals surface area contributed by atoms with E-state index in [1.54, 1.807) is 43.5 Å². The van der Waals surface area contributed by atoms with Gasteiger partial charge in [-0.2, -0.15) is 0 Å². The highest BCUT2D eigenvalue weighted by atomic mass is 16.5. The first kappa shape index (κ1) is 16.6. The van der Waals surface area contributed by atoms with Crippen LogP contribution in [-0.4, -0.2) is 37.4 Å². The van der Waals surface area contributed by atoms with E-state index in [4.69, 9.17) is 14.2 Å². The number of ether oxygens (including phenoxy) is 3. The van der Waals surface area contributed by atoms with Gasteiger partial charge in [-0.25, -0.2) is 9.78 Å². The van der Waals surface area contributed by atoms with Gasteiger partial charge < -0.3 is 19.3 Å². The van der Waals surface area contributed by atoms with Crippen LogP contribution in [0.3, 0.4) is 0 Å². The van der Waals surface area contributed by atoms with Crippen LogP contribution in [-0.2, 0) is 0 Å². The summed E-state index contributed by atoms with van der Waals surface area (Å²) in [5, 5.41) is 10.1. The molecule has 0 saturated carbocycles. The SMILES string of the molecule is COc1cccc(-c2cc(C(=O)O)c3cccc(OC)c3n2)c1OC. The molecule has 6 nitrogen and oxygen atoms in total. The van der Waals surface area contributed by atoms with Crippen molar-refractivity contribution < 1.29 is 24.1 Å². The number of methoxy groups -OCH3 is 3. The first-order valence-electron chi connectivity index (χ1n) is 7.53. The monoisotopic (exact) mass is 339 g/mol. The third-order valence-corrected chi connectivity index (χ3v) is 3.93. The number of fused-ring (bicyclic) bond motifs is 1. The molecule has 0 aliphatic heterocycles. The number of hydrogen-bond acceptors (Lipinski definition) is 5. The summed E-state index contributed by atoms with van der Waals surface area (Å²) in [4.78, 5) is 16.4. The number of hydrogen-bond donors (Lipinski definition) is 1. The van der Waals surface area contributed by atoms with Crippen molar-refractivity contribution in [1.82, 2.24) is 4.98 Å². The Morgan fingerprint density at radius 3 is 2.28 bits per heavy atom. The van der Waals surface area contributed by atoms with Gasteiger partial charge in [0.25, 0.3) is 0 Å². The molecule has 6 heteroatoms. The molecule has 0 unspecified atom stereocenters.